The molecule has 0 aliphatic carbocycles. The predicted octanol–water partition coefficient (Wildman–Crippen LogP) is 2.31. The molecule has 4 heteroatoms. The van der Waals surface area contributed by atoms with E-state index in [1.54, 1.807) is 6.20 Å². The number of hydrogen-bond donors (Lipinski definition) is 0. The molecule has 0 spiro atoms. The fourth-order valence-corrected chi connectivity index (χ4v) is 2.27. The number of nitrogens with zero attached hydrogens (tertiary/aromatic N) is 3. The Labute approximate surface area is 104 Å². The summed E-state index contributed by atoms with van der Waals surface area (Å²) in [4.78, 5) is 11.1. The average molecular weight is 245 g/mol. The van der Waals surface area contributed by atoms with Crippen LogP contribution in [-0.4, -0.2) is 31.1 Å². The lowest BCUT2D eigenvalue weighted by atomic mass is 10.4. The molecule has 1 aliphatic heterocycles. The zero-order chi connectivity index (χ0) is 12.3. The van der Waals surface area contributed by atoms with Crippen molar-refractivity contribution >= 4 is 13.9 Å². The van der Waals surface area contributed by atoms with Crippen molar-refractivity contribution in [2.45, 2.75) is 32.5 Å². The molecule has 0 amide bonds. The Balaban J connectivity index is 2.18. The van der Waals surface area contributed by atoms with E-state index in [0.717, 1.165) is 24.6 Å². The largest absolute Gasteiger partial charge is 0.355 e. The van der Waals surface area contributed by atoms with Crippen LogP contribution < -0.4 is 4.90 Å². The minimum absolute atomic E-state index is 0.803. The SMILES string of the molecule is C[Si](C)(C)C#Cc1cncc(N2CCCC2)n1. The molecule has 1 saturated heterocycles. The van der Waals surface area contributed by atoms with Gasteiger partial charge in [0, 0.05) is 13.1 Å². The normalized spacial score (nSPS) is 15.6. The molecular formula is C13H19N3Si. The van der Waals surface area contributed by atoms with Gasteiger partial charge in [-0.3, -0.25) is 4.98 Å². The summed E-state index contributed by atoms with van der Waals surface area (Å²) >= 11 is 0. The molecule has 0 N–H and O–H groups in total. The Morgan fingerprint density at radius 2 is 1.88 bits per heavy atom. The van der Waals surface area contributed by atoms with Crippen LogP contribution in [0, 0.1) is 11.5 Å². The fraction of sp³-hybridized carbons (Fsp3) is 0.538. The van der Waals surface area contributed by atoms with E-state index in [4.69, 9.17) is 0 Å². The molecule has 0 atom stereocenters. The van der Waals surface area contributed by atoms with Crippen LogP contribution in [0.1, 0.15) is 18.5 Å². The first-order valence-electron chi connectivity index (χ1n) is 6.15. The Morgan fingerprint density at radius 1 is 1.18 bits per heavy atom. The Bertz CT molecular complexity index is 448. The maximum atomic E-state index is 4.57. The standard InChI is InChI=1S/C13H19N3Si/c1-17(2,3)9-6-12-10-14-11-13(15-12)16-7-4-5-8-16/h10-11H,4-5,7-8H2,1-3H3. The van der Waals surface area contributed by atoms with Gasteiger partial charge in [0.2, 0.25) is 0 Å². The Kier molecular flexibility index (Phi) is 3.48. The lowest BCUT2D eigenvalue weighted by Gasteiger charge is -2.15. The van der Waals surface area contributed by atoms with Crippen molar-refractivity contribution in [3.05, 3.63) is 18.1 Å². The van der Waals surface area contributed by atoms with Gasteiger partial charge >= 0.3 is 0 Å². The zero-order valence-corrected chi connectivity index (χ0v) is 11.8. The van der Waals surface area contributed by atoms with Gasteiger partial charge in [-0.25, -0.2) is 4.98 Å². The molecule has 0 saturated carbocycles. The third-order valence-electron chi connectivity index (χ3n) is 2.62. The molecule has 1 aromatic rings. The molecule has 0 unspecified atom stereocenters. The molecule has 0 bridgehead atoms. The van der Waals surface area contributed by atoms with E-state index in [1.807, 2.05) is 6.20 Å². The van der Waals surface area contributed by atoms with Crippen molar-refractivity contribution in [1.29, 1.82) is 0 Å². The molecule has 90 valence electrons. The molecule has 3 nitrogen and oxygen atoms in total. The molecule has 0 radical (unpaired) electrons. The highest BCUT2D eigenvalue weighted by molar-refractivity contribution is 6.83. The number of rotatable bonds is 1. The highest BCUT2D eigenvalue weighted by Gasteiger charge is 2.14. The number of hydrogen-bond acceptors (Lipinski definition) is 3. The first-order chi connectivity index (χ1) is 8.04. The number of aromatic nitrogens is 2. The van der Waals surface area contributed by atoms with E-state index in [2.05, 4.69) is 46.0 Å². The van der Waals surface area contributed by atoms with E-state index in [9.17, 15) is 0 Å². The van der Waals surface area contributed by atoms with Gasteiger partial charge in [-0.05, 0) is 12.8 Å². The van der Waals surface area contributed by atoms with E-state index in [-0.39, 0.29) is 0 Å². The summed E-state index contributed by atoms with van der Waals surface area (Å²) in [5.41, 5.74) is 4.13. The van der Waals surface area contributed by atoms with Crippen LogP contribution in [0.5, 0.6) is 0 Å². The van der Waals surface area contributed by atoms with Crippen molar-refractivity contribution in [2.75, 3.05) is 18.0 Å². The third-order valence-corrected chi connectivity index (χ3v) is 3.49. The van der Waals surface area contributed by atoms with Crippen LogP contribution in [-0.2, 0) is 0 Å². The van der Waals surface area contributed by atoms with Crippen LogP contribution in [0.25, 0.3) is 0 Å². The minimum atomic E-state index is -1.33. The van der Waals surface area contributed by atoms with Crippen molar-refractivity contribution in [1.82, 2.24) is 9.97 Å². The van der Waals surface area contributed by atoms with Crippen LogP contribution in [0.4, 0.5) is 5.82 Å². The summed E-state index contributed by atoms with van der Waals surface area (Å²) < 4.78 is 0. The molecule has 1 aliphatic rings. The van der Waals surface area contributed by atoms with Gasteiger partial charge < -0.3 is 4.90 Å². The van der Waals surface area contributed by atoms with Crippen molar-refractivity contribution in [3.63, 3.8) is 0 Å². The molecule has 1 fully saturated rings. The van der Waals surface area contributed by atoms with Gasteiger partial charge in [0.05, 0.1) is 12.4 Å². The molecule has 1 aromatic heterocycles. The topological polar surface area (TPSA) is 29.0 Å². The predicted molar refractivity (Wildman–Crippen MR) is 73.7 cm³/mol. The first-order valence-corrected chi connectivity index (χ1v) is 9.65. The van der Waals surface area contributed by atoms with Gasteiger partial charge in [-0.15, -0.1) is 5.54 Å². The second-order valence-corrected chi connectivity index (χ2v) is 10.2. The molecular weight excluding hydrogens is 226 g/mol. The Hall–Kier alpha value is -1.34. The van der Waals surface area contributed by atoms with Crippen molar-refractivity contribution in [2.24, 2.45) is 0 Å². The average Bonchev–Trinajstić information content (AvgIpc) is 2.79. The monoisotopic (exact) mass is 245 g/mol. The van der Waals surface area contributed by atoms with E-state index >= 15 is 0 Å². The smallest absolute Gasteiger partial charge is 0.148 e. The van der Waals surface area contributed by atoms with Crippen LogP contribution in [0.2, 0.25) is 19.6 Å². The highest BCUT2D eigenvalue weighted by Crippen LogP contribution is 2.16. The Morgan fingerprint density at radius 3 is 2.53 bits per heavy atom. The summed E-state index contributed by atoms with van der Waals surface area (Å²) in [7, 11) is -1.33. The van der Waals surface area contributed by atoms with Gasteiger partial charge in [-0.1, -0.05) is 25.6 Å². The summed E-state index contributed by atoms with van der Waals surface area (Å²) in [6.07, 6.45) is 6.11. The lowest BCUT2D eigenvalue weighted by molar-refractivity contribution is 0.923. The second-order valence-electron chi connectivity index (χ2n) is 5.46. The summed E-state index contributed by atoms with van der Waals surface area (Å²) in [6, 6.07) is 0. The second kappa shape index (κ2) is 4.88. The van der Waals surface area contributed by atoms with Crippen molar-refractivity contribution in [3.8, 4) is 11.5 Å². The zero-order valence-electron chi connectivity index (χ0n) is 10.8. The van der Waals surface area contributed by atoms with Gasteiger partial charge in [0.1, 0.15) is 19.6 Å². The first kappa shape index (κ1) is 12.1. The molecule has 17 heavy (non-hydrogen) atoms. The summed E-state index contributed by atoms with van der Waals surface area (Å²) in [5.74, 6) is 4.14. The van der Waals surface area contributed by atoms with Gasteiger partial charge in [-0.2, -0.15) is 0 Å². The highest BCUT2D eigenvalue weighted by atomic mass is 28.3. The van der Waals surface area contributed by atoms with Crippen LogP contribution in [0.3, 0.4) is 0 Å². The molecule has 2 rings (SSSR count). The van der Waals surface area contributed by atoms with E-state index < -0.39 is 8.07 Å². The maximum absolute atomic E-state index is 4.57. The quantitative estimate of drug-likeness (QED) is 0.561. The van der Waals surface area contributed by atoms with Crippen molar-refractivity contribution < 1.29 is 0 Å². The van der Waals surface area contributed by atoms with Crippen LogP contribution >= 0.6 is 0 Å². The molecule has 2 heterocycles. The van der Waals surface area contributed by atoms with E-state index in [0.29, 0.717) is 0 Å². The maximum Gasteiger partial charge on any atom is 0.148 e. The van der Waals surface area contributed by atoms with Gasteiger partial charge in [0.15, 0.2) is 0 Å². The minimum Gasteiger partial charge on any atom is -0.355 e. The number of anilines is 1. The van der Waals surface area contributed by atoms with Crippen LogP contribution in [0.15, 0.2) is 12.4 Å². The summed E-state index contributed by atoms with van der Waals surface area (Å²) in [5, 5.41) is 0. The van der Waals surface area contributed by atoms with E-state index in [1.165, 1.54) is 12.8 Å². The fourth-order valence-electron chi connectivity index (χ4n) is 1.77. The third kappa shape index (κ3) is 3.57. The lowest BCUT2D eigenvalue weighted by Crippen LogP contribution is -2.19. The molecule has 0 aromatic carbocycles. The van der Waals surface area contributed by atoms with Gasteiger partial charge in [0.25, 0.3) is 0 Å². The summed E-state index contributed by atoms with van der Waals surface area (Å²) in [6.45, 7) is 8.90.